The summed E-state index contributed by atoms with van der Waals surface area (Å²) in [6.45, 7) is 1.38. The number of anilines is 1. The molecule has 6 nitrogen and oxygen atoms in total. The van der Waals surface area contributed by atoms with Gasteiger partial charge in [-0.2, -0.15) is 0 Å². The molecule has 1 aromatic heterocycles. The van der Waals surface area contributed by atoms with E-state index in [1.807, 2.05) is 0 Å². The second kappa shape index (κ2) is 6.65. The van der Waals surface area contributed by atoms with Crippen molar-refractivity contribution < 1.29 is 18.1 Å². The van der Waals surface area contributed by atoms with Crippen molar-refractivity contribution >= 4 is 27.6 Å². The summed E-state index contributed by atoms with van der Waals surface area (Å²) in [5, 5.41) is 0.205. The van der Waals surface area contributed by atoms with E-state index in [2.05, 4.69) is 4.98 Å². The first-order valence-corrected chi connectivity index (χ1v) is 7.13. The molecule has 0 aliphatic carbocycles. The van der Waals surface area contributed by atoms with Crippen LogP contribution in [0.3, 0.4) is 0 Å². The van der Waals surface area contributed by atoms with Gasteiger partial charge in [0, 0.05) is 18.9 Å². The normalized spacial score (nSPS) is 12.9. The number of hydrogen-bond acceptors (Lipinski definition) is 6. The molecule has 1 unspecified atom stereocenters. The van der Waals surface area contributed by atoms with Gasteiger partial charge in [0.05, 0.1) is 25.6 Å². The highest BCUT2D eigenvalue weighted by atomic mass is 32.2. The van der Waals surface area contributed by atoms with Gasteiger partial charge in [-0.1, -0.05) is 0 Å². The molecule has 0 aliphatic rings. The molecule has 1 atom stereocenters. The topological polar surface area (TPSA) is 87.6 Å². The standard InChI is InChI=1S/C12H16N2O4S/c1-16-4-5-17-6-7-19(15)12-14-10-3-2-9(13)8-11(10)18-12/h2-3,8H,4-7,13H2,1H3. The summed E-state index contributed by atoms with van der Waals surface area (Å²) < 4.78 is 27.5. The zero-order valence-electron chi connectivity index (χ0n) is 10.6. The average Bonchev–Trinajstić information content (AvgIpc) is 2.81. The van der Waals surface area contributed by atoms with Crippen LogP contribution in [-0.4, -0.2) is 41.9 Å². The van der Waals surface area contributed by atoms with E-state index in [4.69, 9.17) is 19.6 Å². The predicted octanol–water partition coefficient (Wildman–Crippen LogP) is 1.18. The smallest absolute Gasteiger partial charge is 0.288 e. The average molecular weight is 284 g/mol. The molecule has 0 bridgehead atoms. The van der Waals surface area contributed by atoms with Crippen LogP contribution in [0.2, 0.25) is 0 Å². The Bertz CT molecular complexity index is 570. The third kappa shape index (κ3) is 3.76. The summed E-state index contributed by atoms with van der Waals surface area (Å²) in [5.74, 6) is 0.339. The van der Waals surface area contributed by atoms with Gasteiger partial charge in [0.25, 0.3) is 5.22 Å². The largest absolute Gasteiger partial charge is 0.430 e. The van der Waals surface area contributed by atoms with Crippen LogP contribution in [0.1, 0.15) is 0 Å². The molecular weight excluding hydrogens is 268 g/mol. The molecular formula is C12H16N2O4S. The van der Waals surface area contributed by atoms with Crippen molar-refractivity contribution in [1.29, 1.82) is 0 Å². The summed E-state index contributed by atoms with van der Waals surface area (Å²) in [5.41, 5.74) is 7.42. The molecule has 0 aliphatic heterocycles. The van der Waals surface area contributed by atoms with Crippen LogP contribution < -0.4 is 5.73 Å². The van der Waals surface area contributed by atoms with Gasteiger partial charge in [0.1, 0.15) is 16.3 Å². The Labute approximate surface area is 113 Å². The zero-order valence-corrected chi connectivity index (χ0v) is 11.4. The highest BCUT2D eigenvalue weighted by molar-refractivity contribution is 7.84. The molecule has 2 rings (SSSR count). The van der Waals surface area contributed by atoms with E-state index in [1.165, 1.54) is 0 Å². The molecule has 1 aromatic carbocycles. The van der Waals surface area contributed by atoms with Crippen LogP contribution in [-0.2, 0) is 20.3 Å². The number of oxazole rings is 1. The molecule has 0 saturated heterocycles. The number of nitrogens with zero attached hydrogens (tertiary/aromatic N) is 1. The van der Waals surface area contributed by atoms with Crippen molar-refractivity contribution in [3.05, 3.63) is 18.2 Å². The number of rotatable bonds is 7. The molecule has 7 heteroatoms. The molecule has 2 aromatic rings. The minimum atomic E-state index is -1.31. The monoisotopic (exact) mass is 284 g/mol. The first-order valence-electron chi connectivity index (χ1n) is 5.82. The van der Waals surface area contributed by atoms with Gasteiger partial charge in [0.2, 0.25) is 0 Å². The predicted molar refractivity (Wildman–Crippen MR) is 72.4 cm³/mol. The van der Waals surface area contributed by atoms with Gasteiger partial charge in [-0.15, -0.1) is 0 Å². The van der Waals surface area contributed by atoms with Crippen LogP contribution >= 0.6 is 0 Å². The number of ether oxygens (including phenoxy) is 2. The number of hydrogen-bond donors (Lipinski definition) is 1. The zero-order chi connectivity index (χ0) is 13.7. The van der Waals surface area contributed by atoms with Crippen LogP contribution in [0.5, 0.6) is 0 Å². The molecule has 0 radical (unpaired) electrons. The van der Waals surface area contributed by atoms with E-state index in [0.717, 1.165) is 0 Å². The lowest BCUT2D eigenvalue weighted by Crippen LogP contribution is -2.09. The molecule has 0 saturated carbocycles. The Morgan fingerprint density at radius 1 is 1.37 bits per heavy atom. The van der Waals surface area contributed by atoms with Gasteiger partial charge >= 0.3 is 0 Å². The number of aromatic nitrogens is 1. The number of nitrogen functional groups attached to an aromatic ring is 1. The van der Waals surface area contributed by atoms with E-state index < -0.39 is 10.8 Å². The van der Waals surface area contributed by atoms with Crippen molar-refractivity contribution in [2.45, 2.75) is 5.22 Å². The fourth-order valence-electron chi connectivity index (χ4n) is 1.48. The van der Waals surface area contributed by atoms with Crippen molar-refractivity contribution in [2.24, 2.45) is 0 Å². The first kappa shape index (κ1) is 14.0. The second-order valence-corrected chi connectivity index (χ2v) is 5.31. The van der Waals surface area contributed by atoms with E-state index in [-0.39, 0.29) is 5.22 Å². The molecule has 0 amide bonds. The van der Waals surface area contributed by atoms with Crippen LogP contribution in [0.25, 0.3) is 11.1 Å². The van der Waals surface area contributed by atoms with Crippen molar-refractivity contribution in [3.63, 3.8) is 0 Å². The van der Waals surface area contributed by atoms with E-state index in [1.54, 1.807) is 25.3 Å². The Morgan fingerprint density at radius 2 is 2.21 bits per heavy atom. The highest BCUT2D eigenvalue weighted by Crippen LogP contribution is 2.20. The number of nitrogens with two attached hydrogens (primary N) is 1. The second-order valence-electron chi connectivity index (χ2n) is 3.86. The van der Waals surface area contributed by atoms with Gasteiger partial charge in [-0.3, -0.25) is 0 Å². The van der Waals surface area contributed by atoms with Crippen LogP contribution in [0.15, 0.2) is 27.8 Å². The van der Waals surface area contributed by atoms with Gasteiger partial charge in [0.15, 0.2) is 5.58 Å². The molecule has 0 fully saturated rings. The van der Waals surface area contributed by atoms with E-state index in [9.17, 15) is 4.21 Å². The molecule has 0 spiro atoms. The number of methoxy groups -OCH3 is 1. The quantitative estimate of drug-likeness (QED) is 0.607. The number of fused-ring (bicyclic) bond motifs is 1. The first-order chi connectivity index (χ1) is 9.20. The third-order valence-electron chi connectivity index (χ3n) is 2.43. The fourth-order valence-corrected chi connectivity index (χ4v) is 2.31. The summed E-state index contributed by atoms with van der Waals surface area (Å²) in [6, 6.07) is 5.13. The SMILES string of the molecule is COCCOCCS(=O)c1nc2ccc(N)cc2o1. The Balaban J connectivity index is 1.94. The van der Waals surface area contributed by atoms with Gasteiger partial charge in [-0.05, 0) is 12.1 Å². The van der Waals surface area contributed by atoms with Crippen molar-refractivity contribution in [3.8, 4) is 0 Å². The van der Waals surface area contributed by atoms with E-state index >= 15 is 0 Å². The van der Waals surface area contributed by atoms with Crippen molar-refractivity contribution in [2.75, 3.05) is 38.4 Å². The lowest BCUT2D eigenvalue weighted by molar-refractivity contribution is 0.0787. The molecule has 2 N–H and O–H groups in total. The van der Waals surface area contributed by atoms with Crippen LogP contribution in [0, 0.1) is 0 Å². The maximum Gasteiger partial charge on any atom is 0.288 e. The molecule has 1 heterocycles. The number of benzene rings is 1. The maximum absolute atomic E-state index is 11.9. The molecule has 19 heavy (non-hydrogen) atoms. The Kier molecular flexibility index (Phi) is 4.89. The summed E-state index contributed by atoms with van der Waals surface area (Å²) in [6.07, 6.45) is 0. The van der Waals surface area contributed by atoms with Crippen LogP contribution in [0.4, 0.5) is 5.69 Å². The lowest BCUT2D eigenvalue weighted by Gasteiger charge is -2.01. The summed E-state index contributed by atoms with van der Waals surface area (Å²) >= 11 is 0. The van der Waals surface area contributed by atoms with Crippen molar-refractivity contribution in [1.82, 2.24) is 4.98 Å². The summed E-state index contributed by atoms with van der Waals surface area (Å²) in [7, 11) is 0.290. The van der Waals surface area contributed by atoms with E-state index in [0.29, 0.717) is 42.4 Å². The third-order valence-corrected chi connectivity index (χ3v) is 3.53. The summed E-state index contributed by atoms with van der Waals surface area (Å²) in [4.78, 5) is 4.17. The maximum atomic E-state index is 11.9. The Morgan fingerprint density at radius 3 is 3.00 bits per heavy atom. The minimum absolute atomic E-state index is 0.205. The Hall–Kier alpha value is -1.44. The van der Waals surface area contributed by atoms with Gasteiger partial charge < -0.3 is 19.6 Å². The lowest BCUT2D eigenvalue weighted by atomic mass is 10.3. The van der Waals surface area contributed by atoms with Gasteiger partial charge in [-0.25, -0.2) is 9.19 Å². The highest BCUT2D eigenvalue weighted by Gasteiger charge is 2.12. The minimum Gasteiger partial charge on any atom is -0.430 e. The molecule has 104 valence electrons. The fraction of sp³-hybridized carbons (Fsp3) is 0.417.